The van der Waals surface area contributed by atoms with E-state index >= 15 is 0 Å². The Morgan fingerprint density at radius 2 is 2.11 bits per heavy atom. The van der Waals surface area contributed by atoms with Crippen LogP contribution in [0.5, 0.6) is 0 Å². The molecule has 0 saturated carbocycles. The van der Waals surface area contributed by atoms with E-state index in [4.69, 9.17) is 9.72 Å². The van der Waals surface area contributed by atoms with Crippen molar-refractivity contribution in [1.82, 2.24) is 9.55 Å². The molecule has 3 heterocycles. The second-order valence-corrected chi connectivity index (χ2v) is 9.64. The predicted molar refractivity (Wildman–Crippen MR) is 112 cm³/mol. The first-order valence-electron chi connectivity index (χ1n) is 9.91. The molecule has 28 heavy (non-hydrogen) atoms. The molecule has 1 fully saturated rings. The zero-order valence-corrected chi connectivity index (χ0v) is 17.2. The van der Waals surface area contributed by atoms with Gasteiger partial charge in [0.15, 0.2) is 10.9 Å². The standard InChI is InChI=1S/C22H25N3O2S/c1-22(2)11-17-20(19(26)12-22)28-21(23-17)25-9-10-27-14-16(25)13-24-8-7-15-5-3-4-6-18(15)24/h3-8,16H,9-14H2,1-2H3. The largest absolute Gasteiger partial charge is 0.377 e. The molecule has 146 valence electrons. The molecule has 1 aromatic carbocycles. The van der Waals surface area contributed by atoms with Crippen LogP contribution in [0.2, 0.25) is 0 Å². The molecule has 0 radical (unpaired) electrons. The van der Waals surface area contributed by atoms with E-state index in [0.717, 1.165) is 35.2 Å². The summed E-state index contributed by atoms with van der Waals surface area (Å²) in [5, 5.41) is 2.23. The van der Waals surface area contributed by atoms with Crippen LogP contribution < -0.4 is 4.90 Å². The molecule has 1 atom stereocenters. The van der Waals surface area contributed by atoms with E-state index in [1.54, 1.807) is 11.3 Å². The van der Waals surface area contributed by atoms with Crippen LogP contribution in [-0.2, 0) is 17.7 Å². The zero-order chi connectivity index (χ0) is 19.3. The van der Waals surface area contributed by atoms with Crippen LogP contribution in [0, 0.1) is 5.41 Å². The molecule has 6 heteroatoms. The summed E-state index contributed by atoms with van der Waals surface area (Å²) in [6.07, 6.45) is 3.64. The highest BCUT2D eigenvalue weighted by Crippen LogP contribution is 2.40. The van der Waals surface area contributed by atoms with Gasteiger partial charge in [-0.15, -0.1) is 0 Å². The Bertz CT molecular complexity index is 1040. The van der Waals surface area contributed by atoms with Gasteiger partial charge in [-0.25, -0.2) is 4.98 Å². The summed E-state index contributed by atoms with van der Waals surface area (Å²) in [5.74, 6) is 0.246. The van der Waals surface area contributed by atoms with Crippen LogP contribution in [0.1, 0.15) is 35.6 Å². The van der Waals surface area contributed by atoms with Gasteiger partial charge in [-0.1, -0.05) is 43.4 Å². The van der Waals surface area contributed by atoms with E-state index in [2.05, 4.69) is 59.8 Å². The molecule has 5 rings (SSSR count). The number of aromatic nitrogens is 2. The van der Waals surface area contributed by atoms with Crippen LogP contribution in [0.4, 0.5) is 5.13 Å². The highest BCUT2D eigenvalue weighted by molar-refractivity contribution is 7.17. The van der Waals surface area contributed by atoms with E-state index < -0.39 is 0 Å². The van der Waals surface area contributed by atoms with Gasteiger partial charge in [-0.3, -0.25) is 4.79 Å². The summed E-state index contributed by atoms with van der Waals surface area (Å²) in [6.45, 7) is 7.34. The van der Waals surface area contributed by atoms with Crippen molar-refractivity contribution in [3.8, 4) is 0 Å². The summed E-state index contributed by atoms with van der Waals surface area (Å²) in [5.41, 5.74) is 2.23. The van der Waals surface area contributed by atoms with Gasteiger partial charge in [0, 0.05) is 31.2 Å². The number of ketones is 1. The van der Waals surface area contributed by atoms with Crippen molar-refractivity contribution in [3.05, 3.63) is 47.1 Å². The van der Waals surface area contributed by atoms with Crippen molar-refractivity contribution < 1.29 is 9.53 Å². The molecular formula is C22H25N3O2S. The number of Topliss-reactive ketones (excluding diaryl/α,β-unsaturated/α-hetero) is 1. The quantitative estimate of drug-likeness (QED) is 0.668. The molecule has 0 amide bonds. The zero-order valence-electron chi connectivity index (χ0n) is 16.4. The fourth-order valence-corrected chi connectivity index (χ4v) is 5.53. The number of rotatable bonds is 3. The lowest BCUT2D eigenvalue weighted by Gasteiger charge is -2.35. The third-order valence-electron chi connectivity index (χ3n) is 5.79. The molecule has 0 N–H and O–H groups in total. The van der Waals surface area contributed by atoms with E-state index in [1.807, 2.05) is 0 Å². The van der Waals surface area contributed by atoms with Gasteiger partial charge in [0.05, 0.1) is 29.8 Å². The van der Waals surface area contributed by atoms with E-state index in [0.29, 0.717) is 19.6 Å². The Balaban J connectivity index is 1.45. The Labute approximate surface area is 168 Å². The lowest BCUT2D eigenvalue weighted by Crippen LogP contribution is -2.47. The first-order chi connectivity index (χ1) is 13.5. The minimum absolute atomic E-state index is 0.00386. The Morgan fingerprint density at radius 1 is 1.25 bits per heavy atom. The number of hydrogen-bond donors (Lipinski definition) is 0. The molecule has 2 aliphatic rings. The van der Waals surface area contributed by atoms with Crippen molar-refractivity contribution in [1.29, 1.82) is 0 Å². The summed E-state index contributed by atoms with van der Waals surface area (Å²) in [6, 6.07) is 10.8. The Morgan fingerprint density at radius 3 is 3.00 bits per heavy atom. The number of nitrogens with zero attached hydrogens (tertiary/aromatic N) is 3. The highest BCUT2D eigenvalue weighted by Gasteiger charge is 2.36. The number of fused-ring (bicyclic) bond motifs is 2. The molecule has 1 unspecified atom stereocenters. The lowest BCUT2D eigenvalue weighted by molar-refractivity contribution is 0.0891. The average molecular weight is 396 g/mol. The topological polar surface area (TPSA) is 47.4 Å². The van der Waals surface area contributed by atoms with Crippen LogP contribution in [0.25, 0.3) is 10.9 Å². The summed E-state index contributed by atoms with van der Waals surface area (Å²) >= 11 is 1.57. The number of para-hydroxylation sites is 1. The molecule has 1 aliphatic heterocycles. The Kier molecular flexibility index (Phi) is 4.29. The van der Waals surface area contributed by atoms with Gasteiger partial charge >= 0.3 is 0 Å². The normalized spacial score (nSPS) is 21.9. The third kappa shape index (κ3) is 3.14. The van der Waals surface area contributed by atoms with Gasteiger partial charge in [-0.2, -0.15) is 0 Å². The smallest absolute Gasteiger partial charge is 0.186 e. The summed E-state index contributed by atoms with van der Waals surface area (Å²) in [7, 11) is 0. The number of thiazole rings is 1. The fraction of sp³-hybridized carbons (Fsp3) is 0.455. The molecule has 2 aromatic heterocycles. The monoisotopic (exact) mass is 395 g/mol. The molecule has 3 aromatic rings. The van der Waals surface area contributed by atoms with Crippen molar-refractivity contribution in [3.63, 3.8) is 0 Å². The molecular weight excluding hydrogens is 370 g/mol. The van der Waals surface area contributed by atoms with Crippen LogP contribution in [-0.4, -0.2) is 41.1 Å². The number of morpholine rings is 1. The third-order valence-corrected chi connectivity index (χ3v) is 6.96. The molecule has 1 saturated heterocycles. The maximum atomic E-state index is 12.6. The van der Waals surface area contributed by atoms with Crippen LogP contribution in [0.3, 0.4) is 0 Å². The number of benzene rings is 1. The summed E-state index contributed by atoms with van der Waals surface area (Å²) < 4.78 is 8.10. The number of hydrogen-bond acceptors (Lipinski definition) is 5. The van der Waals surface area contributed by atoms with Crippen molar-refractivity contribution in [2.24, 2.45) is 5.41 Å². The van der Waals surface area contributed by atoms with Gasteiger partial charge in [0.25, 0.3) is 0 Å². The number of carbonyl (C=O) groups excluding carboxylic acids is 1. The highest BCUT2D eigenvalue weighted by atomic mass is 32.1. The first kappa shape index (κ1) is 17.9. The van der Waals surface area contributed by atoms with Crippen molar-refractivity contribution in [2.45, 2.75) is 39.3 Å². The maximum Gasteiger partial charge on any atom is 0.186 e. The molecule has 0 spiro atoms. The maximum absolute atomic E-state index is 12.6. The number of ether oxygens (including phenoxy) is 1. The van der Waals surface area contributed by atoms with Crippen LogP contribution >= 0.6 is 11.3 Å². The Hall–Kier alpha value is -2.18. The SMILES string of the molecule is CC1(C)CC(=O)c2sc(N3CCOCC3Cn3ccc4ccccc43)nc2C1. The van der Waals surface area contributed by atoms with E-state index in [-0.39, 0.29) is 17.2 Å². The van der Waals surface area contributed by atoms with Crippen LogP contribution in [0.15, 0.2) is 36.5 Å². The van der Waals surface area contributed by atoms with Gasteiger partial charge in [0.1, 0.15) is 0 Å². The minimum Gasteiger partial charge on any atom is -0.377 e. The fourth-order valence-electron chi connectivity index (χ4n) is 4.42. The minimum atomic E-state index is 0.00386. The predicted octanol–water partition coefficient (Wildman–Crippen LogP) is 4.16. The first-order valence-corrected chi connectivity index (χ1v) is 10.7. The van der Waals surface area contributed by atoms with Gasteiger partial charge < -0.3 is 14.2 Å². The molecule has 0 bridgehead atoms. The second kappa shape index (κ2) is 6.71. The molecule has 1 aliphatic carbocycles. The van der Waals surface area contributed by atoms with Gasteiger partial charge in [0.2, 0.25) is 0 Å². The number of anilines is 1. The van der Waals surface area contributed by atoms with Crippen molar-refractivity contribution in [2.75, 3.05) is 24.7 Å². The second-order valence-electron chi connectivity index (χ2n) is 8.66. The van der Waals surface area contributed by atoms with Crippen molar-refractivity contribution >= 4 is 33.2 Å². The summed E-state index contributed by atoms with van der Waals surface area (Å²) in [4.78, 5) is 20.7. The molecule has 5 nitrogen and oxygen atoms in total. The lowest BCUT2D eigenvalue weighted by atomic mass is 9.78. The van der Waals surface area contributed by atoms with Gasteiger partial charge in [-0.05, 0) is 29.4 Å². The van der Waals surface area contributed by atoms with E-state index in [1.165, 1.54) is 10.9 Å². The van der Waals surface area contributed by atoms with E-state index in [9.17, 15) is 4.79 Å². The number of carbonyl (C=O) groups is 1. The average Bonchev–Trinajstić information content (AvgIpc) is 3.26.